The van der Waals surface area contributed by atoms with Gasteiger partial charge in [-0.2, -0.15) is 0 Å². The Labute approximate surface area is 180 Å². The summed E-state index contributed by atoms with van der Waals surface area (Å²) in [6, 6.07) is 7.21. The van der Waals surface area contributed by atoms with Gasteiger partial charge in [-0.3, -0.25) is 19.2 Å². The molecule has 0 spiro atoms. The average molecular weight is 428 g/mol. The lowest BCUT2D eigenvalue weighted by molar-refractivity contribution is -0.131. The summed E-state index contributed by atoms with van der Waals surface area (Å²) in [6.45, 7) is 4.46. The first-order valence-electron chi connectivity index (χ1n) is 10.5. The van der Waals surface area contributed by atoms with Crippen molar-refractivity contribution < 1.29 is 19.2 Å². The number of benzene rings is 1. The van der Waals surface area contributed by atoms with Crippen LogP contribution in [0.5, 0.6) is 0 Å². The van der Waals surface area contributed by atoms with E-state index in [-0.39, 0.29) is 29.9 Å². The van der Waals surface area contributed by atoms with Gasteiger partial charge < -0.3 is 26.7 Å². The fraction of sp³-hybridized carbons (Fsp3) is 0.455. The molecule has 9 nitrogen and oxygen atoms in total. The van der Waals surface area contributed by atoms with Crippen LogP contribution in [-0.2, 0) is 14.4 Å². The zero-order valence-corrected chi connectivity index (χ0v) is 17.8. The summed E-state index contributed by atoms with van der Waals surface area (Å²) >= 11 is 0. The van der Waals surface area contributed by atoms with Crippen LogP contribution in [0.3, 0.4) is 0 Å². The molecule has 0 saturated carbocycles. The summed E-state index contributed by atoms with van der Waals surface area (Å²) in [7, 11) is 0. The van der Waals surface area contributed by atoms with Crippen LogP contribution in [0.2, 0.25) is 0 Å². The number of nitrogens with two attached hydrogens (primary N) is 2. The van der Waals surface area contributed by atoms with Crippen molar-refractivity contribution in [1.82, 2.24) is 15.2 Å². The molecule has 31 heavy (non-hydrogen) atoms. The van der Waals surface area contributed by atoms with Gasteiger partial charge in [0.2, 0.25) is 17.7 Å². The van der Waals surface area contributed by atoms with Crippen LogP contribution >= 0.6 is 0 Å². The van der Waals surface area contributed by atoms with Gasteiger partial charge in [0, 0.05) is 23.4 Å². The van der Waals surface area contributed by atoms with Crippen LogP contribution in [0.4, 0.5) is 0 Å². The molecule has 6 N–H and O–H groups in total. The first-order valence-corrected chi connectivity index (χ1v) is 10.5. The van der Waals surface area contributed by atoms with Gasteiger partial charge in [-0.15, -0.1) is 0 Å². The van der Waals surface area contributed by atoms with Crippen molar-refractivity contribution in [2.75, 3.05) is 6.54 Å². The topological polar surface area (TPSA) is 149 Å². The van der Waals surface area contributed by atoms with Crippen LogP contribution in [0.15, 0.2) is 30.3 Å². The molecule has 1 aliphatic rings. The molecular formula is C22H29N5O4. The van der Waals surface area contributed by atoms with Crippen molar-refractivity contribution in [1.29, 1.82) is 0 Å². The van der Waals surface area contributed by atoms with Crippen molar-refractivity contribution in [2.24, 2.45) is 23.3 Å². The minimum absolute atomic E-state index is 0.116. The van der Waals surface area contributed by atoms with E-state index in [9.17, 15) is 19.2 Å². The smallest absolute Gasteiger partial charge is 0.265 e. The van der Waals surface area contributed by atoms with Crippen molar-refractivity contribution in [3.63, 3.8) is 0 Å². The summed E-state index contributed by atoms with van der Waals surface area (Å²) in [5.74, 6) is -2.21. The lowest BCUT2D eigenvalue weighted by atomic mass is 9.96. The molecule has 1 saturated heterocycles. The van der Waals surface area contributed by atoms with Gasteiger partial charge in [-0.25, -0.2) is 0 Å². The van der Waals surface area contributed by atoms with E-state index >= 15 is 0 Å². The molecule has 2 aromatic rings. The van der Waals surface area contributed by atoms with Crippen LogP contribution in [0.25, 0.3) is 10.9 Å². The molecule has 0 bridgehead atoms. The second-order valence-corrected chi connectivity index (χ2v) is 8.44. The number of carbonyl (C=O) groups excluding carboxylic acids is 4. The maximum absolute atomic E-state index is 13.4. The van der Waals surface area contributed by atoms with Crippen molar-refractivity contribution >= 4 is 34.5 Å². The number of hydrogen-bond donors (Lipinski definition) is 4. The van der Waals surface area contributed by atoms with Crippen molar-refractivity contribution in [3.05, 3.63) is 36.0 Å². The molecule has 0 aliphatic carbocycles. The van der Waals surface area contributed by atoms with E-state index in [1.54, 1.807) is 10.6 Å². The molecule has 1 aliphatic heterocycles. The van der Waals surface area contributed by atoms with E-state index in [1.807, 2.05) is 38.1 Å². The van der Waals surface area contributed by atoms with Crippen LogP contribution in [0.1, 0.15) is 49.6 Å². The Kier molecular flexibility index (Phi) is 6.62. The number of amides is 4. The molecule has 9 heteroatoms. The summed E-state index contributed by atoms with van der Waals surface area (Å²) in [6.07, 6.45) is 1.14. The van der Waals surface area contributed by atoms with Crippen LogP contribution in [0, 0.1) is 11.8 Å². The lowest BCUT2D eigenvalue weighted by Gasteiger charge is -2.26. The fourth-order valence-electron chi connectivity index (χ4n) is 4.15. The number of carbonyl (C=O) groups is 4. The highest BCUT2D eigenvalue weighted by Gasteiger charge is 2.33. The molecule has 1 fully saturated rings. The SMILES string of the molecule is CC(C)C[C@@H](C(=O)N[C@@H](C[C@@H]1CCNC1=O)C(N)=O)n1c(C(N)=O)cc2ccccc21. The fourth-order valence-corrected chi connectivity index (χ4v) is 4.15. The number of fused-ring (bicyclic) bond motifs is 1. The first-order chi connectivity index (χ1) is 14.7. The van der Waals surface area contributed by atoms with Gasteiger partial charge in [0.05, 0.1) is 0 Å². The third-order valence-corrected chi connectivity index (χ3v) is 5.65. The quantitative estimate of drug-likeness (QED) is 0.469. The van der Waals surface area contributed by atoms with Gasteiger partial charge in [-0.1, -0.05) is 32.0 Å². The number of primary amides is 2. The maximum atomic E-state index is 13.4. The zero-order chi connectivity index (χ0) is 22.7. The van der Waals surface area contributed by atoms with E-state index in [0.717, 1.165) is 5.39 Å². The Bertz CT molecular complexity index is 1010. The Morgan fingerprint density at radius 2 is 1.94 bits per heavy atom. The Hall–Kier alpha value is -3.36. The minimum Gasteiger partial charge on any atom is -0.368 e. The van der Waals surface area contributed by atoms with E-state index in [4.69, 9.17) is 11.5 Å². The molecule has 2 heterocycles. The molecule has 4 amide bonds. The second kappa shape index (κ2) is 9.20. The molecule has 0 radical (unpaired) electrons. The van der Waals surface area contributed by atoms with Gasteiger partial charge in [0.15, 0.2) is 0 Å². The third kappa shape index (κ3) is 4.87. The summed E-state index contributed by atoms with van der Waals surface area (Å²) in [5, 5.41) is 6.23. The van der Waals surface area contributed by atoms with E-state index in [1.165, 1.54) is 0 Å². The lowest BCUT2D eigenvalue weighted by Crippen LogP contribution is -2.48. The summed E-state index contributed by atoms with van der Waals surface area (Å²) < 4.78 is 1.63. The number of rotatable bonds is 9. The highest BCUT2D eigenvalue weighted by Crippen LogP contribution is 2.28. The molecule has 3 rings (SSSR count). The van der Waals surface area contributed by atoms with Gasteiger partial charge in [0.1, 0.15) is 17.8 Å². The van der Waals surface area contributed by atoms with Crippen LogP contribution < -0.4 is 22.1 Å². The molecule has 166 valence electrons. The van der Waals surface area contributed by atoms with E-state index < -0.39 is 29.8 Å². The monoisotopic (exact) mass is 427 g/mol. The van der Waals surface area contributed by atoms with Gasteiger partial charge in [0.25, 0.3) is 5.91 Å². The predicted molar refractivity (Wildman–Crippen MR) is 116 cm³/mol. The standard InChI is InChI=1S/C22H29N5O4/c1-12(2)9-18(27-16-6-4-3-5-13(16)11-17(27)20(24)29)22(31)26-15(19(23)28)10-14-7-8-25-21(14)30/h3-6,11-12,14-15,18H,7-10H2,1-2H3,(H2,23,28)(H2,24,29)(H,25,30)(H,26,31)/t14-,15-,18-/m0/s1. The average Bonchev–Trinajstić information content (AvgIpc) is 3.28. The number of nitrogens with one attached hydrogen (secondary N) is 2. The number of para-hydroxylation sites is 1. The highest BCUT2D eigenvalue weighted by molar-refractivity contribution is 5.99. The Balaban J connectivity index is 1.95. The van der Waals surface area contributed by atoms with Gasteiger partial charge >= 0.3 is 0 Å². The highest BCUT2D eigenvalue weighted by atomic mass is 16.2. The normalized spacial score (nSPS) is 18.0. The third-order valence-electron chi connectivity index (χ3n) is 5.65. The predicted octanol–water partition coefficient (Wildman–Crippen LogP) is 0.824. The van der Waals surface area contributed by atoms with Crippen LogP contribution in [-0.4, -0.2) is 40.8 Å². The molecule has 0 unspecified atom stereocenters. The zero-order valence-electron chi connectivity index (χ0n) is 17.8. The number of aromatic nitrogens is 1. The van der Waals surface area contributed by atoms with Gasteiger partial charge in [-0.05, 0) is 37.3 Å². The largest absolute Gasteiger partial charge is 0.368 e. The molecule has 3 atom stereocenters. The number of nitrogens with zero attached hydrogens (tertiary/aromatic N) is 1. The van der Waals surface area contributed by atoms with Crippen molar-refractivity contribution in [2.45, 2.75) is 45.2 Å². The van der Waals surface area contributed by atoms with Crippen molar-refractivity contribution in [3.8, 4) is 0 Å². The Morgan fingerprint density at radius 1 is 1.23 bits per heavy atom. The summed E-state index contributed by atoms with van der Waals surface area (Å²) in [4.78, 5) is 49.5. The minimum atomic E-state index is -0.991. The first kappa shape index (κ1) is 22.3. The molecular weight excluding hydrogens is 398 g/mol. The summed E-state index contributed by atoms with van der Waals surface area (Å²) in [5.41, 5.74) is 12.1. The molecule has 1 aromatic heterocycles. The second-order valence-electron chi connectivity index (χ2n) is 8.44. The van der Waals surface area contributed by atoms with E-state index in [0.29, 0.717) is 24.9 Å². The molecule has 1 aromatic carbocycles. The Morgan fingerprint density at radius 3 is 2.52 bits per heavy atom. The van der Waals surface area contributed by atoms with E-state index in [2.05, 4.69) is 10.6 Å². The maximum Gasteiger partial charge on any atom is 0.265 e. The number of hydrogen-bond acceptors (Lipinski definition) is 4.